The van der Waals surface area contributed by atoms with Crippen molar-refractivity contribution in [1.82, 2.24) is 0 Å². The first-order valence-corrected chi connectivity index (χ1v) is 16.2. The van der Waals surface area contributed by atoms with Crippen LogP contribution in [0, 0.1) is 0 Å². The van der Waals surface area contributed by atoms with Gasteiger partial charge in [-0.3, -0.25) is 0 Å². The number of carbonyl (C=O) groups is 1. The van der Waals surface area contributed by atoms with Gasteiger partial charge in [0.05, 0.1) is 0 Å². The van der Waals surface area contributed by atoms with Crippen molar-refractivity contribution in [1.29, 1.82) is 0 Å². The third-order valence-corrected chi connectivity index (χ3v) is 20.8. The minimum absolute atomic E-state index is 0.0793. The molecule has 0 aliphatic rings. The van der Waals surface area contributed by atoms with Gasteiger partial charge in [-0.2, -0.15) is 0 Å². The molecule has 0 unspecified atom stereocenters. The standard InChI is InChI=1S/C6H12O2.3C2H5.Bi.H/c1-2-3-4-5-6(7)8;3*1-2;;/h2-5H2,1H3,(H,7,8);3*1H2,2H3;;/q;;;;+1;/p-1. The molecule has 0 bridgehead atoms. The molecule has 15 heavy (non-hydrogen) atoms. The molecule has 0 aliphatic heterocycles. The second-order valence-electron chi connectivity index (χ2n) is 4.17. The van der Waals surface area contributed by atoms with Crippen LogP contribution in [0.4, 0.5) is 0 Å². The molecule has 0 saturated heterocycles. The summed E-state index contributed by atoms with van der Waals surface area (Å²) in [5.74, 6) is 0.0793. The number of rotatable bonds is 8. The van der Waals surface area contributed by atoms with E-state index in [2.05, 4.69) is 27.7 Å². The summed E-state index contributed by atoms with van der Waals surface area (Å²) >= 11 is -2.58. The van der Waals surface area contributed by atoms with Gasteiger partial charge in [0.2, 0.25) is 0 Å². The first kappa shape index (κ1) is 15.4. The summed E-state index contributed by atoms with van der Waals surface area (Å²) in [6.45, 7) is 8.72. The Morgan fingerprint density at radius 1 is 1.00 bits per heavy atom. The van der Waals surface area contributed by atoms with Crippen LogP contribution in [0.25, 0.3) is 0 Å². The summed E-state index contributed by atoms with van der Waals surface area (Å²) in [6, 6.07) is 0. The van der Waals surface area contributed by atoms with Crippen molar-refractivity contribution in [2.24, 2.45) is 0 Å². The molecule has 0 atom stereocenters. The van der Waals surface area contributed by atoms with E-state index in [-0.39, 0.29) is 5.97 Å². The molecule has 0 spiro atoms. The van der Waals surface area contributed by atoms with Crippen LogP contribution in [0.15, 0.2) is 0 Å². The van der Waals surface area contributed by atoms with Crippen LogP contribution in [0.2, 0.25) is 12.4 Å². The Morgan fingerprint density at radius 2 is 1.53 bits per heavy atom. The molecule has 0 aromatic carbocycles. The van der Waals surface area contributed by atoms with Gasteiger partial charge in [-0.1, -0.05) is 0 Å². The molecule has 92 valence electrons. The predicted molar refractivity (Wildman–Crippen MR) is 68.8 cm³/mol. The van der Waals surface area contributed by atoms with E-state index in [9.17, 15) is 4.79 Å². The van der Waals surface area contributed by atoms with Crippen molar-refractivity contribution in [2.75, 3.05) is 0 Å². The quantitative estimate of drug-likeness (QED) is 0.447. The minimum atomic E-state index is -2.58. The van der Waals surface area contributed by atoms with E-state index in [1.54, 1.807) is 0 Å². The number of unbranched alkanes of at least 4 members (excludes halogenated alkanes) is 2. The molecular weight excluding hydrogens is 385 g/mol. The fraction of sp³-hybridized carbons (Fsp3) is 0.917. The molecular formula is C12H27BiO2. The van der Waals surface area contributed by atoms with Crippen LogP contribution in [0.3, 0.4) is 0 Å². The van der Waals surface area contributed by atoms with Gasteiger partial charge in [0, 0.05) is 0 Å². The SMILES string of the molecule is CCCCCC(=O)[O][BiH]([CH2]C)([CH2]C)[CH2]C. The Hall–Kier alpha value is 0.353. The predicted octanol–water partition coefficient (Wildman–Crippen LogP) is 3.85. The third kappa shape index (κ3) is 5.85. The van der Waals surface area contributed by atoms with Gasteiger partial charge in [-0.05, 0) is 0 Å². The Kier molecular flexibility index (Phi) is 8.70. The van der Waals surface area contributed by atoms with Crippen molar-refractivity contribution in [3.63, 3.8) is 0 Å². The van der Waals surface area contributed by atoms with Crippen LogP contribution in [-0.2, 0) is 7.61 Å². The average molecular weight is 412 g/mol. The third-order valence-electron chi connectivity index (χ3n) is 3.25. The van der Waals surface area contributed by atoms with E-state index >= 15 is 0 Å². The van der Waals surface area contributed by atoms with Crippen molar-refractivity contribution >= 4 is 26.7 Å². The van der Waals surface area contributed by atoms with Gasteiger partial charge >= 0.3 is 100 Å². The normalized spacial score (nSPS) is 12.5. The fourth-order valence-corrected chi connectivity index (χ4v) is 11.6. The Morgan fingerprint density at radius 3 is 1.93 bits per heavy atom. The molecule has 3 heteroatoms. The van der Waals surface area contributed by atoms with E-state index < -0.39 is 20.7 Å². The van der Waals surface area contributed by atoms with E-state index in [1.807, 2.05) is 0 Å². The molecule has 0 saturated carbocycles. The molecule has 0 aromatic rings. The zero-order chi connectivity index (χ0) is 11.7. The Balaban J connectivity index is 4.00. The van der Waals surface area contributed by atoms with Crippen molar-refractivity contribution in [3.8, 4) is 0 Å². The van der Waals surface area contributed by atoms with E-state index in [0.29, 0.717) is 6.42 Å². The van der Waals surface area contributed by atoms with E-state index in [0.717, 1.165) is 31.6 Å². The molecule has 2 nitrogen and oxygen atoms in total. The zero-order valence-corrected chi connectivity index (χ0v) is 14.7. The van der Waals surface area contributed by atoms with Gasteiger partial charge in [0.15, 0.2) is 0 Å². The monoisotopic (exact) mass is 412 g/mol. The number of hydrogen-bond donors (Lipinski definition) is 0. The van der Waals surface area contributed by atoms with Gasteiger partial charge in [0.25, 0.3) is 0 Å². The van der Waals surface area contributed by atoms with Crippen LogP contribution in [0.1, 0.15) is 53.4 Å². The van der Waals surface area contributed by atoms with Gasteiger partial charge in [-0.15, -0.1) is 0 Å². The Labute approximate surface area is 99.8 Å². The van der Waals surface area contributed by atoms with E-state index in [1.165, 1.54) is 0 Å². The van der Waals surface area contributed by atoms with Crippen LogP contribution >= 0.6 is 0 Å². The Bertz CT molecular complexity index is 168. The number of hydrogen-bond acceptors (Lipinski definition) is 2. The first-order chi connectivity index (χ1) is 7.14. The van der Waals surface area contributed by atoms with Gasteiger partial charge in [-0.25, -0.2) is 0 Å². The maximum absolute atomic E-state index is 11.6. The zero-order valence-electron chi connectivity index (χ0n) is 10.8. The molecule has 0 aromatic heterocycles. The second-order valence-corrected chi connectivity index (χ2v) is 22.4. The summed E-state index contributed by atoms with van der Waals surface area (Å²) < 4.78 is 9.23. The van der Waals surface area contributed by atoms with Crippen molar-refractivity contribution < 1.29 is 7.61 Å². The van der Waals surface area contributed by atoms with Gasteiger partial charge in [0.1, 0.15) is 0 Å². The van der Waals surface area contributed by atoms with E-state index in [4.69, 9.17) is 2.81 Å². The summed E-state index contributed by atoms with van der Waals surface area (Å²) in [6.07, 6.45) is 3.94. The summed E-state index contributed by atoms with van der Waals surface area (Å²) in [4.78, 5) is 11.6. The summed E-state index contributed by atoms with van der Waals surface area (Å²) in [5.41, 5.74) is 0. The molecule has 0 rings (SSSR count). The fourth-order valence-electron chi connectivity index (χ4n) is 1.78. The first-order valence-electron chi connectivity index (χ1n) is 6.36. The van der Waals surface area contributed by atoms with Crippen LogP contribution < -0.4 is 0 Å². The summed E-state index contributed by atoms with van der Waals surface area (Å²) in [5, 5.41) is 0. The van der Waals surface area contributed by atoms with Crippen molar-refractivity contribution in [3.05, 3.63) is 0 Å². The summed E-state index contributed by atoms with van der Waals surface area (Å²) in [7, 11) is 0. The topological polar surface area (TPSA) is 26.3 Å². The molecule has 0 N–H and O–H groups in total. The molecule has 0 heterocycles. The van der Waals surface area contributed by atoms with Gasteiger partial charge < -0.3 is 0 Å². The number of carbonyl (C=O) groups excluding carboxylic acids is 1. The molecule has 0 radical (unpaired) electrons. The maximum atomic E-state index is 11.6. The van der Waals surface area contributed by atoms with Crippen molar-refractivity contribution in [2.45, 2.75) is 65.8 Å². The molecule has 0 amide bonds. The molecule has 0 fully saturated rings. The second kappa shape index (κ2) is 8.50. The average Bonchev–Trinajstić information content (AvgIpc) is 2.26. The van der Waals surface area contributed by atoms with Crippen LogP contribution in [0.5, 0.6) is 0 Å². The van der Waals surface area contributed by atoms with Crippen LogP contribution in [-0.4, -0.2) is 26.7 Å². The molecule has 0 aliphatic carbocycles.